The molecule has 30 heavy (non-hydrogen) atoms. The predicted molar refractivity (Wildman–Crippen MR) is 112 cm³/mol. The minimum absolute atomic E-state index is 0. The third-order valence-corrected chi connectivity index (χ3v) is 5.72. The maximum absolute atomic E-state index is 13.1. The van der Waals surface area contributed by atoms with Gasteiger partial charge in [0.1, 0.15) is 11.9 Å². The number of amides is 1. The van der Waals surface area contributed by atoms with E-state index in [9.17, 15) is 9.59 Å². The van der Waals surface area contributed by atoms with Crippen molar-refractivity contribution in [3.8, 4) is 11.4 Å². The Morgan fingerprint density at radius 2 is 2.03 bits per heavy atom. The average Bonchev–Trinajstić information content (AvgIpc) is 3.23. The SMILES string of the molecule is Cl.O=C(NCc1nc(-c2ccncc2)n[nH]1)[C@H]1[C@@H]2CNC[C@@H](C2)c2cccc(=O)n21. The van der Waals surface area contributed by atoms with E-state index in [1.807, 2.05) is 18.2 Å². The Balaban J connectivity index is 0.00000218. The summed E-state index contributed by atoms with van der Waals surface area (Å²) in [6.45, 7) is 1.78. The highest BCUT2D eigenvalue weighted by Crippen LogP contribution is 2.38. The summed E-state index contributed by atoms with van der Waals surface area (Å²) >= 11 is 0. The maximum Gasteiger partial charge on any atom is 0.251 e. The molecule has 10 heteroatoms. The first-order chi connectivity index (χ1) is 14.2. The molecule has 2 bridgehead atoms. The summed E-state index contributed by atoms with van der Waals surface area (Å²) in [4.78, 5) is 34.1. The van der Waals surface area contributed by atoms with Gasteiger partial charge >= 0.3 is 0 Å². The van der Waals surface area contributed by atoms with Gasteiger partial charge in [-0.3, -0.25) is 24.2 Å². The van der Waals surface area contributed by atoms with E-state index in [-0.39, 0.29) is 42.3 Å². The van der Waals surface area contributed by atoms with Gasteiger partial charge in [0.2, 0.25) is 5.91 Å². The van der Waals surface area contributed by atoms with Crippen LogP contribution in [-0.2, 0) is 11.3 Å². The molecule has 2 aliphatic heterocycles. The number of halogens is 1. The van der Waals surface area contributed by atoms with Gasteiger partial charge in [0.05, 0.1) is 6.54 Å². The van der Waals surface area contributed by atoms with Gasteiger partial charge in [-0.15, -0.1) is 12.4 Å². The molecule has 3 atom stereocenters. The van der Waals surface area contributed by atoms with Crippen molar-refractivity contribution in [2.75, 3.05) is 13.1 Å². The van der Waals surface area contributed by atoms with Gasteiger partial charge in [-0.1, -0.05) is 6.07 Å². The van der Waals surface area contributed by atoms with Crippen molar-refractivity contribution >= 4 is 18.3 Å². The first-order valence-electron chi connectivity index (χ1n) is 9.72. The highest BCUT2D eigenvalue weighted by atomic mass is 35.5. The fourth-order valence-corrected chi connectivity index (χ4v) is 4.41. The van der Waals surface area contributed by atoms with E-state index in [2.05, 4.69) is 30.8 Å². The van der Waals surface area contributed by atoms with Crippen LogP contribution in [0.3, 0.4) is 0 Å². The Labute approximate surface area is 178 Å². The lowest BCUT2D eigenvalue weighted by Gasteiger charge is -2.42. The molecule has 0 aromatic carbocycles. The molecule has 3 aromatic rings. The number of rotatable bonds is 4. The van der Waals surface area contributed by atoms with Crippen LogP contribution in [0.1, 0.15) is 29.9 Å². The number of pyridine rings is 2. The highest BCUT2D eigenvalue weighted by Gasteiger charge is 2.41. The zero-order valence-electron chi connectivity index (χ0n) is 16.1. The minimum atomic E-state index is -0.523. The van der Waals surface area contributed by atoms with E-state index in [0.717, 1.165) is 30.8 Å². The smallest absolute Gasteiger partial charge is 0.251 e. The van der Waals surface area contributed by atoms with Crippen LogP contribution >= 0.6 is 12.4 Å². The van der Waals surface area contributed by atoms with Crippen molar-refractivity contribution in [3.05, 3.63) is 64.6 Å². The van der Waals surface area contributed by atoms with E-state index in [4.69, 9.17) is 0 Å². The Morgan fingerprint density at radius 3 is 2.87 bits per heavy atom. The van der Waals surface area contributed by atoms with Crippen LogP contribution in [0.25, 0.3) is 11.4 Å². The van der Waals surface area contributed by atoms with E-state index >= 15 is 0 Å². The van der Waals surface area contributed by atoms with Crippen LogP contribution in [-0.4, -0.2) is 43.7 Å². The molecule has 156 valence electrons. The number of carbonyl (C=O) groups is 1. The summed E-state index contributed by atoms with van der Waals surface area (Å²) in [6.07, 6.45) is 4.26. The van der Waals surface area contributed by atoms with Crippen molar-refractivity contribution in [3.63, 3.8) is 0 Å². The molecule has 2 aliphatic rings. The molecule has 0 radical (unpaired) electrons. The van der Waals surface area contributed by atoms with Gasteiger partial charge in [-0.2, -0.15) is 5.10 Å². The molecule has 1 amide bonds. The third-order valence-electron chi connectivity index (χ3n) is 5.72. The summed E-state index contributed by atoms with van der Waals surface area (Å²) in [5.74, 6) is 1.29. The summed E-state index contributed by atoms with van der Waals surface area (Å²) in [7, 11) is 0. The molecule has 1 saturated heterocycles. The summed E-state index contributed by atoms with van der Waals surface area (Å²) in [5.41, 5.74) is 1.65. The van der Waals surface area contributed by atoms with Gasteiger partial charge in [-0.25, -0.2) is 4.98 Å². The van der Waals surface area contributed by atoms with Crippen LogP contribution < -0.4 is 16.2 Å². The molecule has 5 rings (SSSR count). The number of hydrogen-bond donors (Lipinski definition) is 3. The first-order valence-corrected chi connectivity index (χ1v) is 9.72. The number of piperidine rings is 1. The molecule has 0 spiro atoms. The fraction of sp³-hybridized carbons (Fsp3) is 0.350. The largest absolute Gasteiger partial charge is 0.347 e. The van der Waals surface area contributed by atoms with E-state index in [1.165, 1.54) is 6.07 Å². The molecular formula is C20H22ClN7O2. The number of hydrogen-bond acceptors (Lipinski definition) is 6. The molecule has 3 aromatic heterocycles. The minimum Gasteiger partial charge on any atom is -0.347 e. The fourth-order valence-electron chi connectivity index (χ4n) is 4.41. The van der Waals surface area contributed by atoms with Crippen LogP contribution in [0.4, 0.5) is 0 Å². The average molecular weight is 428 g/mol. The zero-order valence-corrected chi connectivity index (χ0v) is 16.9. The Bertz CT molecular complexity index is 1100. The lowest BCUT2D eigenvalue weighted by molar-refractivity contribution is -0.127. The van der Waals surface area contributed by atoms with Gasteiger partial charge < -0.3 is 10.6 Å². The normalized spacial score (nSPS) is 21.9. The Kier molecular flexibility index (Phi) is 5.65. The van der Waals surface area contributed by atoms with Crippen molar-refractivity contribution < 1.29 is 4.79 Å². The summed E-state index contributed by atoms with van der Waals surface area (Å²) in [6, 6.07) is 8.37. The number of aromatic amines is 1. The van der Waals surface area contributed by atoms with Crippen LogP contribution in [0, 0.1) is 5.92 Å². The molecular weight excluding hydrogens is 406 g/mol. The van der Waals surface area contributed by atoms with E-state index in [1.54, 1.807) is 23.0 Å². The van der Waals surface area contributed by atoms with Gasteiger partial charge in [-0.05, 0) is 24.6 Å². The highest BCUT2D eigenvalue weighted by molar-refractivity contribution is 5.85. The van der Waals surface area contributed by atoms with Crippen molar-refractivity contribution in [1.29, 1.82) is 0 Å². The molecule has 3 N–H and O–H groups in total. The monoisotopic (exact) mass is 427 g/mol. The van der Waals surface area contributed by atoms with Gasteiger partial charge in [0.15, 0.2) is 5.82 Å². The summed E-state index contributed by atoms with van der Waals surface area (Å²) < 4.78 is 1.68. The quantitative estimate of drug-likeness (QED) is 0.572. The Hall–Kier alpha value is -3.04. The lowest BCUT2D eigenvalue weighted by atomic mass is 9.79. The number of nitrogens with one attached hydrogen (secondary N) is 3. The molecule has 9 nitrogen and oxygen atoms in total. The second-order valence-electron chi connectivity index (χ2n) is 7.51. The third kappa shape index (κ3) is 3.61. The Morgan fingerprint density at radius 1 is 1.20 bits per heavy atom. The number of H-pyrrole nitrogens is 1. The number of fused-ring (bicyclic) bond motifs is 4. The van der Waals surface area contributed by atoms with E-state index in [0.29, 0.717) is 11.6 Å². The number of carbonyl (C=O) groups excluding carboxylic acids is 1. The predicted octanol–water partition coefficient (Wildman–Crippen LogP) is 1.01. The maximum atomic E-state index is 13.1. The van der Waals surface area contributed by atoms with Crippen LogP contribution in [0.2, 0.25) is 0 Å². The van der Waals surface area contributed by atoms with Crippen molar-refractivity contribution in [1.82, 2.24) is 35.4 Å². The number of aromatic nitrogens is 5. The molecule has 0 saturated carbocycles. The second-order valence-corrected chi connectivity index (χ2v) is 7.51. The lowest BCUT2D eigenvalue weighted by Crippen LogP contribution is -2.52. The molecule has 0 aliphatic carbocycles. The van der Waals surface area contributed by atoms with Gasteiger partial charge in [0, 0.05) is 54.6 Å². The molecule has 1 fully saturated rings. The van der Waals surface area contributed by atoms with Crippen molar-refractivity contribution in [2.45, 2.75) is 24.9 Å². The van der Waals surface area contributed by atoms with E-state index < -0.39 is 6.04 Å². The number of nitrogens with zero attached hydrogens (tertiary/aromatic N) is 4. The topological polar surface area (TPSA) is 118 Å². The second kappa shape index (κ2) is 8.37. The van der Waals surface area contributed by atoms with Crippen molar-refractivity contribution in [2.24, 2.45) is 5.92 Å². The standard InChI is InChI=1S/C20H21N7O2.ClH/c28-17-3-1-2-15-13-8-14(10-22-9-13)18(27(15)17)20(29)23-11-16-24-19(26-25-16)12-4-6-21-7-5-12;/h1-7,13-14,18,22H,8-11H2,(H,23,29)(H,24,25,26);1H/t13-,14+,18-;/m1./s1. The van der Waals surface area contributed by atoms with Crippen LogP contribution in [0.15, 0.2) is 47.5 Å². The molecule has 0 unspecified atom stereocenters. The first kappa shape index (κ1) is 20.2. The summed E-state index contributed by atoms with van der Waals surface area (Å²) in [5, 5.41) is 13.4. The molecule has 5 heterocycles. The van der Waals surface area contributed by atoms with Gasteiger partial charge in [0.25, 0.3) is 5.56 Å². The zero-order chi connectivity index (χ0) is 19.8. The van der Waals surface area contributed by atoms with Crippen LogP contribution in [0.5, 0.6) is 0 Å².